The summed E-state index contributed by atoms with van der Waals surface area (Å²) in [6.45, 7) is 4.67. The van der Waals surface area contributed by atoms with Crippen LogP contribution in [0.1, 0.15) is 25.0 Å². The van der Waals surface area contributed by atoms with Crippen LogP contribution in [0.25, 0.3) is 55.4 Å². The summed E-state index contributed by atoms with van der Waals surface area (Å²) in [5.74, 6) is 0.739. The summed E-state index contributed by atoms with van der Waals surface area (Å²) >= 11 is 1.88. The largest absolute Gasteiger partial charge is 0.228 e. The molecule has 0 N–H and O–H groups in total. The Kier molecular flexibility index (Phi) is 5.77. The van der Waals surface area contributed by atoms with Crippen molar-refractivity contribution in [3.05, 3.63) is 145 Å². The molecule has 0 aliphatic carbocycles. The molecule has 0 bridgehead atoms. The van der Waals surface area contributed by atoms with Gasteiger partial charge in [-0.3, -0.25) is 0 Å². The maximum absolute atomic E-state index is 5.19. The fraction of sp³-hybridized carbons (Fsp3) is 0.0769. The highest BCUT2D eigenvalue weighted by atomic mass is 32.2. The lowest BCUT2D eigenvalue weighted by molar-refractivity contribution is 0.608. The lowest BCUT2D eigenvalue weighted by Crippen LogP contribution is -2.23. The molecule has 0 saturated carbocycles. The Labute approximate surface area is 250 Å². The molecule has 3 heteroatoms. The fourth-order valence-electron chi connectivity index (χ4n) is 6.34. The van der Waals surface area contributed by atoms with E-state index in [1.807, 2.05) is 17.8 Å². The standard InChI is InChI=1S/C39H28N2S/c1-39(2)32-17-6-8-20-35(32)42-37-29(15-10-18-33(37)39)26-21-23-27(24-22-26)38-40-34-19-7-5-14-31(34)36(41-38)30-16-9-12-25-11-3-4-13-28(25)30/h3-24H,1-2H3. The monoisotopic (exact) mass is 556 g/mol. The van der Waals surface area contributed by atoms with Crippen LogP contribution in [-0.4, -0.2) is 9.97 Å². The third-order valence-corrected chi connectivity index (χ3v) is 9.78. The van der Waals surface area contributed by atoms with Crippen LogP contribution in [0.15, 0.2) is 143 Å². The van der Waals surface area contributed by atoms with Gasteiger partial charge in [-0.25, -0.2) is 9.97 Å². The Hall–Kier alpha value is -4.73. The molecule has 0 saturated heterocycles. The number of hydrogen-bond acceptors (Lipinski definition) is 3. The van der Waals surface area contributed by atoms with E-state index in [4.69, 9.17) is 9.97 Å². The first-order valence-corrected chi connectivity index (χ1v) is 15.2. The van der Waals surface area contributed by atoms with E-state index in [0.29, 0.717) is 0 Å². The van der Waals surface area contributed by atoms with Crippen molar-refractivity contribution in [3.63, 3.8) is 0 Å². The molecule has 0 radical (unpaired) electrons. The normalized spacial score (nSPS) is 13.6. The van der Waals surface area contributed by atoms with Crippen LogP contribution in [0.2, 0.25) is 0 Å². The first kappa shape index (κ1) is 25.0. The Morgan fingerprint density at radius 3 is 2.05 bits per heavy atom. The number of benzene rings is 6. The lowest BCUT2D eigenvalue weighted by Gasteiger charge is -2.35. The van der Waals surface area contributed by atoms with Gasteiger partial charge in [0, 0.05) is 31.7 Å². The van der Waals surface area contributed by atoms with Gasteiger partial charge in [0.25, 0.3) is 0 Å². The van der Waals surface area contributed by atoms with E-state index >= 15 is 0 Å². The second-order valence-electron chi connectivity index (χ2n) is 11.4. The molecule has 1 aliphatic heterocycles. The molecule has 7 aromatic rings. The minimum absolute atomic E-state index is 0.0515. The van der Waals surface area contributed by atoms with Gasteiger partial charge in [-0.1, -0.05) is 147 Å². The van der Waals surface area contributed by atoms with Gasteiger partial charge in [-0.15, -0.1) is 0 Å². The van der Waals surface area contributed by atoms with Crippen molar-refractivity contribution in [2.45, 2.75) is 29.1 Å². The molecule has 0 amide bonds. The number of para-hydroxylation sites is 1. The average Bonchev–Trinajstić information content (AvgIpc) is 3.04. The molecule has 1 aliphatic rings. The molecule has 0 unspecified atom stereocenters. The van der Waals surface area contributed by atoms with Crippen molar-refractivity contribution < 1.29 is 0 Å². The molecular formula is C39H28N2S. The zero-order valence-electron chi connectivity index (χ0n) is 23.5. The van der Waals surface area contributed by atoms with Crippen LogP contribution >= 0.6 is 11.8 Å². The summed E-state index contributed by atoms with van der Waals surface area (Å²) in [5, 5.41) is 3.46. The van der Waals surface area contributed by atoms with E-state index in [1.54, 1.807) is 0 Å². The maximum Gasteiger partial charge on any atom is 0.160 e. The van der Waals surface area contributed by atoms with Crippen molar-refractivity contribution in [2.75, 3.05) is 0 Å². The van der Waals surface area contributed by atoms with Crippen LogP contribution in [0, 0.1) is 0 Å². The van der Waals surface area contributed by atoms with Crippen molar-refractivity contribution >= 4 is 33.4 Å². The third-order valence-electron chi connectivity index (χ3n) is 8.56. The number of rotatable bonds is 3. The van der Waals surface area contributed by atoms with Crippen LogP contribution in [0.4, 0.5) is 0 Å². The third kappa shape index (κ3) is 3.96. The quantitative estimate of drug-likeness (QED) is 0.216. The summed E-state index contributed by atoms with van der Waals surface area (Å²) < 4.78 is 0. The Morgan fingerprint density at radius 1 is 0.524 bits per heavy atom. The zero-order chi connectivity index (χ0) is 28.3. The molecule has 8 rings (SSSR count). The summed E-state index contributed by atoms with van der Waals surface area (Å²) in [7, 11) is 0. The number of aromatic nitrogens is 2. The van der Waals surface area contributed by atoms with Crippen molar-refractivity contribution in [1.29, 1.82) is 0 Å². The van der Waals surface area contributed by atoms with Crippen LogP contribution in [-0.2, 0) is 5.41 Å². The van der Waals surface area contributed by atoms with E-state index in [-0.39, 0.29) is 5.41 Å². The van der Waals surface area contributed by atoms with Crippen molar-refractivity contribution in [3.8, 4) is 33.8 Å². The molecule has 0 atom stereocenters. The lowest BCUT2D eigenvalue weighted by atomic mass is 9.77. The maximum atomic E-state index is 5.19. The van der Waals surface area contributed by atoms with E-state index in [1.165, 1.54) is 42.8 Å². The number of fused-ring (bicyclic) bond motifs is 4. The van der Waals surface area contributed by atoms with Crippen molar-refractivity contribution in [2.24, 2.45) is 0 Å². The van der Waals surface area contributed by atoms with Gasteiger partial charge in [0.05, 0.1) is 11.2 Å². The highest BCUT2D eigenvalue weighted by Gasteiger charge is 2.34. The Morgan fingerprint density at radius 2 is 1.17 bits per heavy atom. The fourth-order valence-corrected chi connectivity index (χ4v) is 7.86. The molecule has 2 nitrogen and oxygen atoms in total. The SMILES string of the molecule is CC1(C)c2ccccc2Sc2c(-c3ccc(-c4nc(-c5cccc6ccccc56)c5ccccc5n4)cc3)cccc21. The predicted molar refractivity (Wildman–Crippen MR) is 176 cm³/mol. The minimum atomic E-state index is -0.0515. The second kappa shape index (κ2) is 9.68. The van der Waals surface area contributed by atoms with E-state index in [2.05, 4.69) is 141 Å². The average molecular weight is 557 g/mol. The van der Waals surface area contributed by atoms with Gasteiger partial charge < -0.3 is 0 Å². The van der Waals surface area contributed by atoms with Crippen LogP contribution in [0.5, 0.6) is 0 Å². The predicted octanol–water partition coefficient (Wildman–Crippen LogP) is 10.6. The minimum Gasteiger partial charge on any atom is -0.228 e. The Balaban J connectivity index is 1.24. The molecule has 6 aromatic carbocycles. The first-order valence-electron chi connectivity index (χ1n) is 14.3. The summed E-state index contributed by atoms with van der Waals surface area (Å²) in [6.07, 6.45) is 0. The number of hydrogen-bond donors (Lipinski definition) is 0. The first-order chi connectivity index (χ1) is 20.6. The highest BCUT2D eigenvalue weighted by molar-refractivity contribution is 7.99. The van der Waals surface area contributed by atoms with Crippen LogP contribution in [0.3, 0.4) is 0 Å². The van der Waals surface area contributed by atoms with Gasteiger partial charge in [-0.2, -0.15) is 0 Å². The topological polar surface area (TPSA) is 25.8 Å². The van der Waals surface area contributed by atoms with E-state index in [9.17, 15) is 0 Å². The molecule has 42 heavy (non-hydrogen) atoms. The second-order valence-corrected chi connectivity index (χ2v) is 12.5. The van der Waals surface area contributed by atoms with Gasteiger partial charge in [0.1, 0.15) is 0 Å². The van der Waals surface area contributed by atoms with Gasteiger partial charge in [-0.05, 0) is 45.2 Å². The summed E-state index contributed by atoms with van der Waals surface area (Å²) in [4.78, 5) is 12.9. The summed E-state index contributed by atoms with van der Waals surface area (Å²) in [5.41, 5.74) is 9.24. The molecule has 2 heterocycles. The van der Waals surface area contributed by atoms with Crippen molar-refractivity contribution in [1.82, 2.24) is 9.97 Å². The van der Waals surface area contributed by atoms with Gasteiger partial charge >= 0.3 is 0 Å². The zero-order valence-corrected chi connectivity index (χ0v) is 24.3. The van der Waals surface area contributed by atoms with Crippen LogP contribution < -0.4 is 0 Å². The van der Waals surface area contributed by atoms with Gasteiger partial charge in [0.15, 0.2) is 5.82 Å². The van der Waals surface area contributed by atoms with E-state index < -0.39 is 0 Å². The highest BCUT2D eigenvalue weighted by Crippen LogP contribution is 2.52. The van der Waals surface area contributed by atoms with E-state index in [0.717, 1.165) is 33.5 Å². The smallest absolute Gasteiger partial charge is 0.160 e. The molecule has 200 valence electrons. The molecule has 0 fully saturated rings. The van der Waals surface area contributed by atoms with Gasteiger partial charge in [0.2, 0.25) is 0 Å². The molecule has 0 spiro atoms. The summed E-state index contributed by atoms with van der Waals surface area (Å²) in [6, 6.07) is 47.5. The molecular weight excluding hydrogens is 529 g/mol. The molecule has 1 aromatic heterocycles. The Bertz CT molecular complexity index is 2140. The number of nitrogens with zero attached hydrogens (tertiary/aromatic N) is 2.